The number of hydrogen-bond donors (Lipinski definition) is 0. The van der Waals surface area contributed by atoms with Crippen LogP contribution in [0.4, 0.5) is 10.1 Å². The van der Waals surface area contributed by atoms with E-state index >= 15 is 0 Å². The second kappa shape index (κ2) is 4.57. The van der Waals surface area contributed by atoms with Crippen LogP contribution in [0.5, 0.6) is 0 Å². The van der Waals surface area contributed by atoms with Gasteiger partial charge in [-0.3, -0.25) is 4.98 Å². The molecule has 0 amide bonds. The van der Waals surface area contributed by atoms with Crippen molar-refractivity contribution in [1.29, 1.82) is 0 Å². The molecule has 3 nitrogen and oxygen atoms in total. The van der Waals surface area contributed by atoms with Crippen LogP contribution in [0.15, 0.2) is 23.8 Å². The van der Waals surface area contributed by atoms with Gasteiger partial charge in [0.05, 0.1) is 18.4 Å². The largest absolute Gasteiger partial charge is 0.365 e. The van der Waals surface area contributed by atoms with E-state index < -0.39 is 0 Å². The van der Waals surface area contributed by atoms with Gasteiger partial charge in [0, 0.05) is 24.3 Å². The fourth-order valence-corrected chi connectivity index (χ4v) is 2.26. The average molecular weight is 237 g/mol. The van der Waals surface area contributed by atoms with Crippen molar-refractivity contribution >= 4 is 17.0 Å². The summed E-state index contributed by atoms with van der Waals surface area (Å²) in [6, 6.07) is 1.66. The SMILES string of the molecule is Cc1csc(CN(C)c2ccncc2F)n1. The molecule has 0 aromatic carbocycles. The number of halogens is 1. The molecule has 0 unspecified atom stereocenters. The Morgan fingerprint density at radius 1 is 1.50 bits per heavy atom. The fourth-order valence-electron chi connectivity index (χ4n) is 1.44. The van der Waals surface area contributed by atoms with Gasteiger partial charge >= 0.3 is 0 Å². The highest BCUT2D eigenvalue weighted by atomic mass is 32.1. The summed E-state index contributed by atoms with van der Waals surface area (Å²) in [5.74, 6) is -0.307. The number of anilines is 1. The standard InChI is InChI=1S/C11H12FN3S/c1-8-7-16-11(14-8)6-15(2)10-3-4-13-5-9(10)12/h3-5,7H,6H2,1-2H3. The molecule has 5 heteroatoms. The second-order valence-electron chi connectivity index (χ2n) is 3.57. The Balaban J connectivity index is 2.14. The minimum Gasteiger partial charge on any atom is -0.365 e. The zero-order valence-corrected chi connectivity index (χ0v) is 9.96. The molecule has 0 aliphatic rings. The first-order valence-corrected chi connectivity index (χ1v) is 5.76. The Bertz CT molecular complexity index is 484. The first-order chi connectivity index (χ1) is 7.66. The number of hydrogen-bond acceptors (Lipinski definition) is 4. The Hall–Kier alpha value is -1.49. The Labute approximate surface area is 97.6 Å². The van der Waals surface area contributed by atoms with E-state index in [0.717, 1.165) is 10.7 Å². The summed E-state index contributed by atoms with van der Waals surface area (Å²) in [6.45, 7) is 2.56. The van der Waals surface area contributed by atoms with Crippen molar-refractivity contribution < 1.29 is 4.39 Å². The maximum atomic E-state index is 13.4. The van der Waals surface area contributed by atoms with Crippen molar-refractivity contribution in [1.82, 2.24) is 9.97 Å². The first-order valence-electron chi connectivity index (χ1n) is 4.88. The summed E-state index contributed by atoms with van der Waals surface area (Å²) in [6.07, 6.45) is 2.81. The number of aryl methyl sites for hydroxylation is 1. The van der Waals surface area contributed by atoms with E-state index in [4.69, 9.17) is 0 Å². The second-order valence-corrected chi connectivity index (χ2v) is 4.51. The van der Waals surface area contributed by atoms with Crippen LogP contribution in [-0.4, -0.2) is 17.0 Å². The molecule has 0 N–H and O–H groups in total. The third-order valence-corrected chi connectivity index (χ3v) is 3.15. The van der Waals surface area contributed by atoms with Gasteiger partial charge in [0.2, 0.25) is 0 Å². The molecule has 2 aromatic heterocycles. The maximum absolute atomic E-state index is 13.4. The Morgan fingerprint density at radius 2 is 2.31 bits per heavy atom. The van der Waals surface area contributed by atoms with Crippen molar-refractivity contribution in [2.24, 2.45) is 0 Å². The van der Waals surface area contributed by atoms with E-state index in [9.17, 15) is 4.39 Å². The molecule has 0 aliphatic carbocycles. The molecule has 16 heavy (non-hydrogen) atoms. The topological polar surface area (TPSA) is 29.0 Å². The molecule has 0 saturated carbocycles. The van der Waals surface area contributed by atoms with Gasteiger partial charge in [0.25, 0.3) is 0 Å². The summed E-state index contributed by atoms with van der Waals surface area (Å²) in [5.41, 5.74) is 1.55. The molecular weight excluding hydrogens is 225 g/mol. The van der Waals surface area contributed by atoms with Gasteiger partial charge in [-0.1, -0.05) is 0 Å². The van der Waals surface area contributed by atoms with E-state index in [-0.39, 0.29) is 5.82 Å². The highest BCUT2D eigenvalue weighted by molar-refractivity contribution is 7.09. The smallest absolute Gasteiger partial charge is 0.164 e. The van der Waals surface area contributed by atoms with Gasteiger partial charge in [-0.05, 0) is 13.0 Å². The lowest BCUT2D eigenvalue weighted by molar-refractivity contribution is 0.616. The predicted octanol–water partition coefficient (Wildman–Crippen LogP) is 2.62. The van der Waals surface area contributed by atoms with Crippen LogP contribution >= 0.6 is 11.3 Å². The van der Waals surface area contributed by atoms with Crippen molar-refractivity contribution in [3.8, 4) is 0 Å². The molecule has 0 bridgehead atoms. The van der Waals surface area contributed by atoms with Crippen LogP contribution in [0.2, 0.25) is 0 Å². The van der Waals surface area contributed by atoms with E-state index in [1.54, 1.807) is 23.6 Å². The predicted molar refractivity (Wildman–Crippen MR) is 63.2 cm³/mol. The number of aromatic nitrogens is 2. The van der Waals surface area contributed by atoms with Gasteiger partial charge in [0.15, 0.2) is 5.82 Å². The van der Waals surface area contributed by atoms with Crippen LogP contribution < -0.4 is 4.90 Å². The highest BCUT2D eigenvalue weighted by Crippen LogP contribution is 2.19. The summed E-state index contributed by atoms with van der Waals surface area (Å²) < 4.78 is 13.4. The molecule has 0 aliphatic heterocycles. The van der Waals surface area contributed by atoms with E-state index in [2.05, 4.69) is 9.97 Å². The van der Waals surface area contributed by atoms with E-state index in [1.807, 2.05) is 24.3 Å². The van der Waals surface area contributed by atoms with Gasteiger partial charge in [-0.2, -0.15) is 0 Å². The molecule has 0 radical (unpaired) electrons. The minimum atomic E-state index is -0.307. The lowest BCUT2D eigenvalue weighted by atomic mass is 10.3. The van der Waals surface area contributed by atoms with Crippen LogP contribution in [0, 0.1) is 12.7 Å². The van der Waals surface area contributed by atoms with Crippen molar-refractivity contribution in [3.63, 3.8) is 0 Å². The van der Waals surface area contributed by atoms with Crippen LogP contribution in [0.25, 0.3) is 0 Å². The average Bonchev–Trinajstić information content (AvgIpc) is 2.64. The fraction of sp³-hybridized carbons (Fsp3) is 0.273. The zero-order chi connectivity index (χ0) is 11.5. The maximum Gasteiger partial charge on any atom is 0.164 e. The van der Waals surface area contributed by atoms with E-state index in [0.29, 0.717) is 12.2 Å². The lowest BCUT2D eigenvalue weighted by Gasteiger charge is -2.17. The van der Waals surface area contributed by atoms with Crippen LogP contribution in [-0.2, 0) is 6.54 Å². The van der Waals surface area contributed by atoms with Gasteiger partial charge < -0.3 is 4.90 Å². The third-order valence-electron chi connectivity index (χ3n) is 2.20. The molecular formula is C11H12FN3S. The lowest BCUT2D eigenvalue weighted by Crippen LogP contribution is -2.17. The van der Waals surface area contributed by atoms with E-state index in [1.165, 1.54) is 6.20 Å². The summed E-state index contributed by atoms with van der Waals surface area (Å²) in [4.78, 5) is 9.90. The summed E-state index contributed by atoms with van der Waals surface area (Å²) >= 11 is 1.59. The number of nitrogens with zero attached hydrogens (tertiary/aromatic N) is 3. The normalized spacial score (nSPS) is 10.4. The van der Waals surface area contributed by atoms with Gasteiger partial charge in [0.1, 0.15) is 5.01 Å². The van der Waals surface area contributed by atoms with Gasteiger partial charge in [-0.25, -0.2) is 9.37 Å². The number of thiazole rings is 1. The molecule has 0 fully saturated rings. The van der Waals surface area contributed by atoms with Crippen LogP contribution in [0.1, 0.15) is 10.7 Å². The monoisotopic (exact) mass is 237 g/mol. The van der Waals surface area contributed by atoms with Gasteiger partial charge in [-0.15, -0.1) is 11.3 Å². The molecule has 2 aromatic rings. The zero-order valence-electron chi connectivity index (χ0n) is 9.14. The molecule has 84 valence electrons. The van der Waals surface area contributed by atoms with Crippen LogP contribution in [0.3, 0.4) is 0 Å². The van der Waals surface area contributed by atoms with Crippen molar-refractivity contribution in [3.05, 3.63) is 40.4 Å². The Kier molecular flexibility index (Phi) is 3.14. The molecule has 0 saturated heterocycles. The molecule has 2 heterocycles. The first kappa shape index (κ1) is 11.0. The Morgan fingerprint density at radius 3 is 2.94 bits per heavy atom. The summed E-state index contributed by atoms with van der Waals surface area (Å²) in [5, 5.41) is 2.97. The molecule has 0 atom stereocenters. The molecule has 0 spiro atoms. The quantitative estimate of drug-likeness (QED) is 0.821. The third kappa shape index (κ3) is 2.36. The molecule has 2 rings (SSSR count). The minimum absolute atomic E-state index is 0.307. The number of pyridine rings is 1. The number of rotatable bonds is 3. The van der Waals surface area contributed by atoms with Crippen molar-refractivity contribution in [2.45, 2.75) is 13.5 Å². The summed E-state index contributed by atoms with van der Waals surface area (Å²) in [7, 11) is 1.84. The highest BCUT2D eigenvalue weighted by Gasteiger charge is 2.09. The van der Waals surface area contributed by atoms with Crippen molar-refractivity contribution in [2.75, 3.05) is 11.9 Å².